The second-order valence-corrected chi connectivity index (χ2v) is 7.97. The number of ether oxygens (including phenoxy) is 1. The second-order valence-electron chi connectivity index (χ2n) is 7.97. The molecule has 0 unspecified atom stereocenters. The number of esters is 1. The molecule has 180 valence electrons. The predicted molar refractivity (Wildman–Crippen MR) is 141 cm³/mol. The van der Waals surface area contributed by atoms with Crippen molar-refractivity contribution in [3.63, 3.8) is 0 Å². The lowest BCUT2D eigenvalue weighted by Gasteiger charge is -2.20. The third-order valence-corrected chi connectivity index (χ3v) is 5.03. The Morgan fingerprint density at radius 3 is 2.15 bits per heavy atom. The third kappa shape index (κ3) is 7.68. The van der Waals surface area contributed by atoms with Crippen molar-refractivity contribution in [1.29, 1.82) is 0 Å². The second kappa shape index (κ2) is 14.2. The van der Waals surface area contributed by atoms with E-state index in [4.69, 9.17) is 15.5 Å². The lowest BCUT2D eigenvalue weighted by Crippen LogP contribution is -2.17. The molecule has 0 spiro atoms. The monoisotopic (exact) mass is 511 g/mol. The first-order valence-corrected chi connectivity index (χ1v) is 10.3. The van der Waals surface area contributed by atoms with Gasteiger partial charge in [-0.25, -0.2) is 4.79 Å². The Labute approximate surface area is 214 Å². The first kappa shape index (κ1) is 30.8. The van der Waals surface area contributed by atoms with Gasteiger partial charge < -0.3 is 10.5 Å². The van der Waals surface area contributed by atoms with E-state index in [1.807, 2.05) is 50.2 Å². The summed E-state index contributed by atoms with van der Waals surface area (Å²) in [6.07, 6.45) is 4.17. The maximum absolute atomic E-state index is 13.2. The minimum atomic E-state index is -0.391. The lowest BCUT2D eigenvalue weighted by atomic mass is 9.90. The van der Waals surface area contributed by atoms with Crippen LogP contribution in [0.4, 0.5) is 0 Å². The van der Waals surface area contributed by atoms with Gasteiger partial charge in [0.1, 0.15) is 6.61 Å². The van der Waals surface area contributed by atoms with Gasteiger partial charge in [-0.05, 0) is 55.0 Å². The van der Waals surface area contributed by atoms with Gasteiger partial charge in [0.25, 0.3) is 0 Å². The Bertz CT molecular complexity index is 1030. The molecule has 0 aliphatic carbocycles. The molecule has 0 saturated heterocycles. The molecule has 2 N–H and O–H groups in total. The highest BCUT2D eigenvalue weighted by molar-refractivity contribution is 5.99. The number of halogens is 3. The Kier molecular flexibility index (Phi) is 13.2. The van der Waals surface area contributed by atoms with Gasteiger partial charge in [-0.1, -0.05) is 43.7 Å². The van der Waals surface area contributed by atoms with E-state index in [0.717, 1.165) is 39.9 Å². The van der Waals surface area contributed by atoms with Gasteiger partial charge >= 0.3 is 5.97 Å². The molecule has 2 aromatic heterocycles. The molecule has 8 heteroatoms. The summed E-state index contributed by atoms with van der Waals surface area (Å²) < 4.78 is 5.65. The van der Waals surface area contributed by atoms with E-state index in [9.17, 15) is 4.79 Å². The standard InChI is InChI=1S/C25H29N3O2.3ClH/c1-16(2)13-22-21(14-26)24(20-7-5-17(3)6-8-20)23(18(4)28-22)25(29)30-15-19-9-11-27-12-10-19;;;/h5-12,16H,13-15,26H2,1-4H3;3*1H. The average Bonchev–Trinajstić information content (AvgIpc) is 2.72. The minimum absolute atomic E-state index is 0. The molecular formula is C25H32Cl3N3O2. The number of hydrogen-bond acceptors (Lipinski definition) is 5. The summed E-state index contributed by atoms with van der Waals surface area (Å²) in [7, 11) is 0. The summed E-state index contributed by atoms with van der Waals surface area (Å²) in [6.45, 7) is 8.70. The third-order valence-electron chi connectivity index (χ3n) is 5.03. The molecule has 0 saturated carbocycles. The van der Waals surface area contributed by atoms with Crippen LogP contribution in [0.5, 0.6) is 0 Å². The fourth-order valence-electron chi connectivity index (χ4n) is 3.57. The van der Waals surface area contributed by atoms with E-state index in [0.29, 0.717) is 23.7 Å². The highest BCUT2D eigenvalue weighted by atomic mass is 35.5. The number of pyridine rings is 2. The van der Waals surface area contributed by atoms with Crippen LogP contribution in [0.15, 0.2) is 48.8 Å². The number of carbonyl (C=O) groups is 1. The molecule has 0 amide bonds. The highest BCUT2D eigenvalue weighted by Gasteiger charge is 2.24. The molecule has 0 bridgehead atoms. The normalized spacial score (nSPS) is 10.0. The van der Waals surface area contributed by atoms with Gasteiger partial charge in [0.15, 0.2) is 0 Å². The van der Waals surface area contributed by atoms with Crippen molar-refractivity contribution in [3.05, 3.63) is 82.4 Å². The van der Waals surface area contributed by atoms with Gasteiger partial charge in [0, 0.05) is 30.2 Å². The van der Waals surface area contributed by atoms with Crippen molar-refractivity contribution in [3.8, 4) is 11.1 Å². The summed E-state index contributed by atoms with van der Waals surface area (Å²) in [4.78, 5) is 22.0. The van der Waals surface area contributed by atoms with E-state index in [2.05, 4.69) is 18.8 Å². The van der Waals surface area contributed by atoms with Gasteiger partial charge in [-0.3, -0.25) is 9.97 Å². The number of carbonyl (C=O) groups excluding carboxylic acids is 1. The summed E-state index contributed by atoms with van der Waals surface area (Å²) >= 11 is 0. The van der Waals surface area contributed by atoms with Crippen molar-refractivity contribution in [1.82, 2.24) is 9.97 Å². The van der Waals surface area contributed by atoms with Crippen LogP contribution in [0.3, 0.4) is 0 Å². The Hall–Kier alpha value is -2.18. The maximum atomic E-state index is 13.2. The first-order valence-electron chi connectivity index (χ1n) is 10.3. The van der Waals surface area contributed by atoms with Crippen LogP contribution in [-0.2, 0) is 24.3 Å². The number of hydrogen-bond donors (Lipinski definition) is 1. The molecule has 2 heterocycles. The Morgan fingerprint density at radius 2 is 1.61 bits per heavy atom. The molecule has 3 aromatic rings. The smallest absolute Gasteiger partial charge is 0.340 e. The van der Waals surface area contributed by atoms with Crippen LogP contribution in [0.1, 0.15) is 52.3 Å². The molecule has 1 aromatic carbocycles. The SMILES string of the molecule is Cc1ccc(-c2c(CN)c(CC(C)C)nc(C)c2C(=O)OCc2ccncc2)cc1.Cl.Cl.Cl. The van der Waals surface area contributed by atoms with Crippen LogP contribution in [0.25, 0.3) is 11.1 Å². The zero-order valence-corrected chi connectivity index (χ0v) is 21.8. The number of aromatic nitrogens is 2. The fourth-order valence-corrected chi connectivity index (χ4v) is 3.57. The maximum Gasteiger partial charge on any atom is 0.340 e. The summed E-state index contributed by atoms with van der Waals surface area (Å²) in [5, 5.41) is 0. The van der Waals surface area contributed by atoms with E-state index >= 15 is 0 Å². The summed E-state index contributed by atoms with van der Waals surface area (Å²) in [6, 6.07) is 11.8. The van der Waals surface area contributed by atoms with Gasteiger partial charge in [-0.15, -0.1) is 37.2 Å². The molecule has 5 nitrogen and oxygen atoms in total. The van der Waals surface area contributed by atoms with Crippen LogP contribution in [0, 0.1) is 19.8 Å². The van der Waals surface area contributed by atoms with Crippen LogP contribution in [-0.4, -0.2) is 15.9 Å². The van der Waals surface area contributed by atoms with Gasteiger partial charge in [0.2, 0.25) is 0 Å². The fraction of sp³-hybridized carbons (Fsp3) is 0.320. The minimum Gasteiger partial charge on any atom is -0.457 e. The molecular weight excluding hydrogens is 481 g/mol. The highest BCUT2D eigenvalue weighted by Crippen LogP contribution is 2.33. The van der Waals surface area contributed by atoms with Crippen molar-refractivity contribution < 1.29 is 9.53 Å². The first-order chi connectivity index (χ1) is 14.4. The van der Waals surface area contributed by atoms with E-state index in [-0.39, 0.29) is 43.8 Å². The zero-order valence-electron chi connectivity index (χ0n) is 19.3. The number of aryl methyl sites for hydroxylation is 2. The zero-order chi connectivity index (χ0) is 21.7. The quantitative estimate of drug-likeness (QED) is 0.390. The van der Waals surface area contributed by atoms with Gasteiger partial charge in [-0.2, -0.15) is 0 Å². The van der Waals surface area contributed by atoms with Crippen LogP contribution in [0.2, 0.25) is 0 Å². The lowest BCUT2D eigenvalue weighted by molar-refractivity contribution is 0.0472. The van der Waals surface area contributed by atoms with Crippen molar-refractivity contribution in [2.45, 2.75) is 47.3 Å². The van der Waals surface area contributed by atoms with Crippen molar-refractivity contribution in [2.75, 3.05) is 0 Å². The Balaban J connectivity index is 0.00000341. The Morgan fingerprint density at radius 1 is 1.00 bits per heavy atom. The molecule has 0 atom stereocenters. The van der Waals surface area contributed by atoms with Gasteiger partial charge in [0.05, 0.1) is 11.3 Å². The summed E-state index contributed by atoms with van der Waals surface area (Å²) in [5.41, 5.74) is 13.0. The molecule has 33 heavy (non-hydrogen) atoms. The molecule has 3 rings (SSSR count). The molecule has 0 radical (unpaired) electrons. The number of rotatable bonds is 7. The van der Waals surface area contributed by atoms with Crippen molar-refractivity contribution >= 4 is 43.2 Å². The number of benzene rings is 1. The van der Waals surface area contributed by atoms with E-state index < -0.39 is 5.97 Å². The largest absolute Gasteiger partial charge is 0.457 e. The average molecular weight is 513 g/mol. The molecule has 0 fully saturated rings. The summed E-state index contributed by atoms with van der Waals surface area (Å²) in [5.74, 6) is 0.0377. The van der Waals surface area contributed by atoms with E-state index in [1.165, 1.54) is 0 Å². The molecule has 0 aliphatic heterocycles. The van der Waals surface area contributed by atoms with Crippen LogP contribution >= 0.6 is 37.2 Å². The van der Waals surface area contributed by atoms with E-state index in [1.54, 1.807) is 12.4 Å². The topological polar surface area (TPSA) is 78.1 Å². The van der Waals surface area contributed by atoms with Crippen LogP contribution < -0.4 is 5.73 Å². The number of nitrogens with two attached hydrogens (primary N) is 1. The molecule has 0 aliphatic rings. The predicted octanol–water partition coefficient (Wildman–Crippen LogP) is 6.04. The number of nitrogens with zero attached hydrogens (tertiary/aromatic N) is 2. The van der Waals surface area contributed by atoms with Crippen molar-refractivity contribution in [2.24, 2.45) is 11.7 Å².